The third-order valence-corrected chi connectivity index (χ3v) is 2.59. The predicted octanol–water partition coefficient (Wildman–Crippen LogP) is 3.54. The Morgan fingerprint density at radius 2 is 1.85 bits per heavy atom. The van der Waals surface area contributed by atoms with Crippen LogP contribution in [-0.4, -0.2) is 18.5 Å². The summed E-state index contributed by atoms with van der Waals surface area (Å²) in [6, 6.07) is 0. The van der Waals surface area contributed by atoms with Crippen LogP contribution >= 0.6 is 12.6 Å². The van der Waals surface area contributed by atoms with Crippen LogP contribution in [-0.2, 0) is 4.74 Å². The standard InChI is InChI=1S/C11H24OS/c1-4-6-10(3)11(7-9-13)12-8-5-2/h10-11,13H,4-9H2,1-3H3. The molecule has 2 atom stereocenters. The third kappa shape index (κ3) is 6.39. The Labute approximate surface area is 88.7 Å². The molecule has 0 aliphatic rings. The lowest BCUT2D eigenvalue weighted by Crippen LogP contribution is -2.23. The molecule has 0 aliphatic heterocycles. The molecule has 0 amide bonds. The minimum Gasteiger partial charge on any atom is -0.378 e. The van der Waals surface area contributed by atoms with Gasteiger partial charge in [-0.3, -0.25) is 0 Å². The van der Waals surface area contributed by atoms with E-state index in [0.29, 0.717) is 12.0 Å². The molecule has 0 aliphatic carbocycles. The Bertz CT molecular complexity index is 106. The van der Waals surface area contributed by atoms with Gasteiger partial charge in [-0.1, -0.05) is 27.2 Å². The zero-order valence-electron chi connectivity index (χ0n) is 9.25. The minimum atomic E-state index is 0.428. The van der Waals surface area contributed by atoms with E-state index >= 15 is 0 Å². The highest BCUT2D eigenvalue weighted by Crippen LogP contribution is 2.17. The van der Waals surface area contributed by atoms with Gasteiger partial charge in [0.2, 0.25) is 0 Å². The van der Waals surface area contributed by atoms with Crippen LogP contribution in [0.15, 0.2) is 0 Å². The molecule has 0 fully saturated rings. The normalized spacial score (nSPS) is 15.7. The molecule has 0 aromatic rings. The fraction of sp³-hybridized carbons (Fsp3) is 1.00. The maximum atomic E-state index is 5.80. The van der Waals surface area contributed by atoms with Crippen molar-refractivity contribution in [2.75, 3.05) is 12.4 Å². The first-order chi connectivity index (χ1) is 6.26. The number of hydrogen-bond acceptors (Lipinski definition) is 2. The number of thiol groups is 1. The molecule has 80 valence electrons. The highest BCUT2D eigenvalue weighted by atomic mass is 32.1. The smallest absolute Gasteiger partial charge is 0.0608 e. The van der Waals surface area contributed by atoms with Crippen LogP contribution < -0.4 is 0 Å². The van der Waals surface area contributed by atoms with E-state index in [4.69, 9.17) is 4.74 Å². The fourth-order valence-corrected chi connectivity index (χ4v) is 1.82. The summed E-state index contributed by atoms with van der Waals surface area (Å²) < 4.78 is 5.80. The molecule has 0 saturated carbocycles. The minimum absolute atomic E-state index is 0.428. The summed E-state index contributed by atoms with van der Waals surface area (Å²) in [6.45, 7) is 7.57. The van der Waals surface area contributed by atoms with Gasteiger partial charge >= 0.3 is 0 Å². The van der Waals surface area contributed by atoms with E-state index in [1.807, 2.05) is 0 Å². The van der Waals surface area contributed by atoms with Gasteiger partial charge in [0.1, 0.15) is 0 Å². The molecular weight excluding hydrogens is 180 g/mol. The average Bonchev–Trinajstić information content (AvgIpc) is 2.12. The molecule has 2 heteroatoms. The van der Waals surface area contributed by atoms with E-state index in [9.17, 15) is 0 Å². The van der Waals surface area contributed by atoms with Crippen molar-refractivity contribution in [1.82, 2.24) is 0 Å². The lowest BCUT2D eigenvalue weighted by atomic mass is 9.97. The van der Waals surface area contributed by atoms with Crippen molar-refractivity contribution >= 4 is 12.6 Å². The summed E-state index contributed by atoms with van der Waals surface area (Å²) in [7, 11) is 0. The van der Waals surface area contributed by atoms with Crippen molar-refractivity contribution in [2.24, 2.45) is 5.92 Å². The van der Waals surface area contributed by atoms with Gasteiger partial charge < -0.3 is 4.74 Å². The van der Waals surface area contributed by atoms with Gasteiger partial charge in [-0.2, -0.15) is 12.6 Å². The second kappa shape index (κ2) is 8.89. The van der Waals surface area contributed by atoms with Crippen LogP contribution in [0.4, 0.5) is 0 Å². The van der Waals surface area contributed by atoms with Crippen molar-refractivity contribution < 1.29 is 4.74 Å². The van der Waals surface area contributed by atoms with Crippen LogP contribution in [0.3, 0.4) is 0 Å². The zero-order chi connectivity index (χ0) is 10.1. The van der Waals surface area contributed by atoms with E-state index in [0.717, 1.165) is 25.2 Å². The van der Waals surface area contributed by atoms with E-state index in [1.54, 1.807) is 0 Å². The summed E-state index contributed by atoms with van der Waals surface area (Å²) in [4.78, 5) is 0. The maximum Gasteiger partial charge on any atom is 0.0608 e. The van der Waals surface area contributed by atoms with E-state index in [1.165, 1.54) is 12.8 Å². The quantitative estimate of drug-likeness (QED) is 0.595. The van der Waals surface area contributed by atoms with E-state index in [2.05, 4.69) is 33.4 Å². The van der Waals surface area contributed by atoms with Crippen molar-refractivity contribution in [1.29, 1.82) is 0 Å². The first-order valence-electron chi connectivity index (χ1n) is 5.48. The molecule has 0 bridgehead atoms. The molecule has 0 saturated heterocycles. The fourth-order valence-electron chi connectivity index (χ4n) is 1.57. The largest absolute Gasteiger partial charge is 0.378 e. The molecule has 0 aromatic heterocycles. The second-order valence-corrected chi connectivity index (χ2v) is 4.13. The molecule has 1 nitrogen and oxygen atoms in total. The van der Waals surface area contributed by atoms with Crippen molar-refractivity contribution in [2.45, 2.75) is 52.6 Å². The van der Waals surface area contributed by atoms with Gasteiger partial charge in [0.15, 0.2) is 0 Å². The third-order valence-electron chi connectivity index (χ3n) is 2.33. The molecule has 0 N–H and O–H groups in total. The van der Waals surface area contributed by atoms with Gasteiger partial charge in [0.05, 0.1) is 6.10 Å². The van der Waals surface area contributed by atoms with Crippen LogP contribution in [0.5, 0.6) is 0 Å². The van der Waals surface area contributed by atoms with Gasteiger partial charge in [-0.25, -0.2) is 0 Å². The molecule has 0 aromatic carbocycles. The Balaban J connectivity index is 3.75. The SMILES string of the molecule is CCCOC(CCS)C(C)CCC. The highest BCUT2D eigenvalue weighted by molar-refractivity contribution is 7.80. The van der Waals surface area contributed by atoms with Crippen molar-refractivity contribution in [3.05, 3.63) is 0 Å². The average molecular weight is 204 g/mol. The lowest BCUT2D eigenvalue weighted by Gasteiger charge is -2.23. The van der Waals surface area contributed by atoms with Crippen LogP contribution in [0.25, 0.3) is 0 Å². The van der Waals surface area contributed by atoms with Crippen LogP contribution in [0, 0.1) is 5.92 Å². The van der Waals surface area contributed by atoms with Gasteiger partial charge in [-0.15, -0.1) is 0 Å². The number of ether oxygens (including phenoxy) is 1. The monoisotopic (exact) mass is 204 g/mol. The molecule has 2 unspecified atom stereocenters. The molecule has 0 rings (SSSR count). The maximum absolute atomic E-state index is 5.80. The summed E-state index contributed by atoms with van der Waals surface area (Å²) in [6.07, 6.45) is 5.14. The van der Waals surface area contributed by atoms with Crippen LogP contribution in [0.1, 0.15) is 46.5 Å². The van der Waals surface area contributed by atoms with Gasteiger partial charge in [0.25, 0.3) is 0 Å². The molecule has 13 heavy (non-hydrogen) atoms. The molecule has 0 spiro atoms. The molecular formula is C11H24OS. The highest BCUT2D eigenvalue weighted by Gasteiger charge is 2.15. The number of hydrogen-bond donors (Lipinski definition) is 1. The zero-order valence-corrected chi connectivity index (χ0v) is 10.1. The van der Waals surface area contributed by atoms with E-state index < -0.39 is 0 Å². The summed E-state index contributed by atoms with van der Waals surface area (Å²) in [5.41, 5.74) is 0. The Morgan fingerprint density at radius 1 is 1.15 bits per heavy atom. The van der Waals surface area contributed by atoms with Gasteiger partial charge in [-0.05, 0) is 30.9 Å². The Kier molecular flexibility index (Phi) is 9.10. The number of rotatable bonds is 8. The first-order valence-corrected chi connectivity index (χ1v) is 6.11. The molecule has 0 heterocycles. The summed E-state index contributed by atoms with van der Waals surface area (Å²) in [5, 5.41) is 0. The molecule has 0 radical (unpaired) electrons. The van der Waals surface area contributed by atoms with Crippen LogP contribution in [0.2, 0.25) is 0 Å². The summed E-state index contributed by atoms with van der Waals surface area (Å²) >= 11 is 4.26. The Hall–Kier alpha value is 0.310. The van der Waals surface area contributed by atoms with Gasteiger partial charge in [0, 0.05) is 6.61 Å². The topological polar surface area (TPSA) is 9.23 Å². The van der Waals surface area contributed by atoms with Crippen molar-refractivity contribution in [3.63, 3.8) is 0 Å². The Morgan fingerprint density at radius 3 is 2.31 bits per heavy atom. The van der Waals surface area contributed by atoms with E-state index in [-0.39, 0.29) is 0 Å². The van der Waals surface area contributed by atoms with Crippen molar-refractivity contribution in [3.8, 4) is 0 Å². The lowest BCUT2D eigenvalue weighted by molar-refractivity contribution is 0.0135. The second-order valence-electron chi connectivity index (χ2n) is 3.69. The first kappa shape index (κ1) is 13.3. The predicted molar refractivity (Wildman–Crippen MR) is 62.6 cm³/mol. The summed E-state index contributed by atoms with van der Waals surface area (Å²) in [5.74, 6) is 1.62.